The van der Waals surface area contributed by atoms with Crippen molar-refractivity contribution in [3.8, 4) is 11.5 Å². The van der Waals surface area contributed by atoms with E-state index in [0.717, 1.165) is 28.2 Å². The second kappa shape index (κ2) is 11.4. The standard InChI is InChI=1S/C33H35ClN2O4/c1-5-30(38)36-26-10-8-7-9-24(26)35-25-18-33(3,4)19-27(37)31(25)32(36)22-13-16-28(29(17-22)39-6-2)40-20-21-11-14-23(34)15-12-21/h7-17,32,35H,5-6,18-20H2,1-4H3/t32-/m0/s1. The van der Waals surface area contributed by atoms with Crippen LogP contribution in [-0.4, -0.2) is 18.3 Å². The predicted molar refractivity (Wildman–Crippen MR) is 159 cm³/mol. The van der Waals surface area contributed by atoms with Crippen molar-refractivity contribution in [1.82, 2.24) is 0 Å². The number of halogens is 1. The summed E-state index contributed by atoms with van der Waals surface area (Å²) < 4.78 is 12.2. The molecule has 1 aliphatic carbocycles. The van der Waals surface area contributed by atoms with Crippen LogP contribution in [0.1, 0.15) is 64.1 Å². The Morgan fingerprint density at radius 2 is 1.75 bits per heavy atom. The van der Waals surface area contributed by atoms with E-state index in [-0.39, 0.29) is 17.1 Å². The first-order chi connectivity index (χ1) is 19.2. The molecule has 3 aromatic rings. The third-order valence-corrected chi connectivity index (χ3v) is 7.61. The van der Waals surface area contributed by atoms with Crippen molar-refractivity contribution in [2.24, 2.45) is 5.41 Å². The van der Waals surface area contributed by atoms with Gasteiger partial charge in [-0.25, -0.2) is 0 Å². The van der Waals surface area contributed by atoms with Gasteiger partial charge in [-0.05, 0) is 66.3 Å². The number of allylic oxidation sites excluding steroid dienone is 1. The van der Waals surface area contributed by atoms with Crippen molar-refractivity contribution >= 4 is 34.7 Å². The zero-order chi connectivity index (χ0) is 28.4. The summed E-state index contributed by atoms with van der Waals surface area (Å²) >= 11 is 6.03. The Hall–Kier alpha value is -3.77. The lowest BCUT2D eigenvalue weighted by Gasteiger charge is -2.37. The van der Waals surface area contributed by atoms with Crippen LogP contribution in [-0.2, 0) is 16.2 Å². The molecule has 2 aliphatic rings. The van der Waals surface area contributed by atoms with Crippen molar-refractivity contribution < 1.29 is 19.1 Å². The summed E-state index contributed by atoms with van der Waals surface area (Å²) in [4.78, 5) is 29.3. The number of fused-ring (bicyclic) bond motifs is 1. The monoisotopic (exact) mass is 558 g/mol. The van der Waals surface area contributed by atoms with Crippen LogP contribution in [0, 0.1) is 5.41 Å². The molecule has 1 aliphatic heterocycles. The first kappa shape index (κ1) is 27.8. The highest BCUT2D eigenvalue weighted by atomic mass is 35.5. The molecule has 0 bridgehead atoms. The second-order valence-corrected chi connectivity index (χ2v) is 11.5. The molecule has 1 heterocycles. The number of amides is 1. The predicted octanol–water partition coefficient (Wildman–Crippen LogP) is 7.87. The molecule has 0 saturated carbocycles. The molecule has 208 valence electrons. The first-order valence-corrected chi connectivity index (χ1v) is 14.2. The van der Waals surface area contributed by atoms with Crippen LogP contribution in [0.2, 0.25) is 5.02 Å². The van der Waals surface area contributed by atoms with Gasteiger partial charge in [-0.15, -0.1) is 0 Å². The molecule has 0 radical (unpaired) electrons. The van der Waals surface area contributed by atoms with Crippen molar-refractivity contribution in [2.45, 2.75) is 59.6 Å². The minimum Gasteiger partial charge on any atom is -0.490 e. The highest BCUT2D eigenvalue weighted by molar-refractivity contribution is 6.30. The number of Topliss-reactive ketones (excluding diaryl/α,β-unsaturated/α-hetero) is 1. The molecule has 40 heavy (non-hydrogen) atoms. The van der Waals surface area contributed by atoms with E-state index in [1.54, 1.807) is 4.90 Å². The number of carbonyl (C=O) groups excluding carboxylic acids is 2. The number of ether oxygens (including phenoxy) is 2. The summed E-state index contributed by atoms with van der Waals surface area (Å²) in [6, 6.07) is 20.4. The lowest BCUT2D eigenvalue weighted by molar-refractivity contribution is -0.119. The van der Waals surface area contributed by atoms with E-state index in [4.69, 9.17) is 21.1 Å². The molecular formula is C33H35ClN2O4. The summed E-state index contributed by atoms with van der Waals surface area (Å²) in [5.74, 6) is 1.14. The maximum atomic E-state index is 13.8. The Kier molecular flexibility index (Phi) is 7.90. The van der Waals surface area contributed by atoms with Crippen LogP contribution >= 0.6 is 11.6 Å². The molecule has 5 rings (SSSR count). The zero-order valence-electron chi connectivity index (χ0n) is 23.4. The number of benzene rings is 3. The maximum absolute atomic E-state index is 13.8. The van der Waals surface area contributed by atoms with Gasteiger partial charge in [0, 0.05) is 29.1 Å². The fourth-order valence-electron chi connectivity index (χ4n) is 5.57. The molecular weight excluding hydrogens is 524 g/mol. The molecule has 1 atom stereocenters. The van der Waals surface area contributed by atoms with Gasteiger partial charge in [0.2, 0.25) is 5.91 Å². The van der Waals surface area contributed by atoms with E-state index in [2.05, 4.69) is 19.2 Å². The van der Waals surface area contributed by atoms with E-state index in [1.165, 1.54) is 0 Å². The highest BCUT2D eigenvalue weighted by Crippen LogP contribution is 2.49. The van der Waals surface area contributed by atoms with E-state index in [0.29, 0.717) is 54.6 Å². The normalized spacial score (nSPS) is 17.9. The van der Waals surface area contributed by atoms with Crippen molar-refractivity contribution in [3.05, 3.63) is 94.1 Å². The maximum Gasteiger partial charge on any atom is 0.227 e. The summed E-state index contributed by atoms with van der Waals surface area (Å²) in [7, 11) is 0. The minimum atomic E-state index is -0.605. The lowest BCUT2D eigenvalue weighted by Crippen LogP contribution is -2.39. The van der Waals surface area contributed by atoms with E-state index < -0.39 is 6.04 Å². The number of nitrogens with zero attached hydrogens (tertiary/aromatic N) is 1. The Bertz CT molecular complexity index is 1460. The second-order valence-electron chi connectivity index (χ2n) is 11.0. The first-order valence-electron chi connectivity index (χ1n) is 13.8. The summed E-state index contributed by atoms with van der Waals surface area (Å²) in [5.41, 5.74) is 4.65. The van der Waals surface area contributed by atoms with Crippen LogP contribution < -0.4 is 19.7 Å². The Balaban J connectivity index is 1.63. The van der Waals surface area contributed by atoms with Crippen LogP contribution in [0.3, 0.4) is 0 Å². The topological polar surface area (TPSA) is 67.9 Å². The summed E-state index contributed by atoms with van der Waals surface area (Å²) in [6.45, 7) is 8.77. The molecule has 6 nitrogen and oxygen atoms in total. The third kappa shape index (κ3) is 5.59. The Morgan fingerprint density at radius 1 is 1.00 bits per heavy atom. The number of hydrogen-bond acceptors (Lipinski definition) is 5. The molecule has 0 fully saturated rings. The number of nitrogens with one attached hydrogen (secondary N) is 1. The SMILES string of the molecule is CCOc1cc([C@H]2C3=C(CC(C)(C)CC3=O)Nc3ccccc3N2C(=O)CC)ccc1OCc1ccc(Cl)cc1. The van der Waals surface area contributed by atoms with Crippen LogP contribution in [0.25, 0.3) is 0 Å². The van der Waals surface area contributed by atoms with Gasteiger partial charge in [0.05, 0.1) is 24.0 Å². The number of para-hydroxylation sites is 2. The van der Waals surface area contributed by atoms with Crippen molar-refractivity contribution in [1.29, 1.82) is 0 Å². The van der Waals surface area contributed by atoms with Crippen LogP contribution in [0.4, 0.5) is 11.4 Å². The fraction of sp³-hybridized carbons (Fsp3) is 0.333. The minimum absolute atomic E-state index is 0.0477. The van der Waals surface area contributed by atoms with Crippen molar-refractivity contribution in [3.63, 3.8) is 0 Å². The van der Waals surface area contributed by atoms with E-state index >= 15 is 0 Å². The average molecular weight is 559 g/mol. The number of anilines is 2. The highest BCUT2D eigenvalue weighted by Gasteiger charge is 2.43. The molecule has 0 saturated heterocycles. The Morgan fingerprint density at radius 3 is 2.48 bits per heavy atom. The molecule has 3 aromatic carbocycles. The number of carbonyl (C=O) groups is 2. The number of rotatable bonds is 7. The third-order valence-electron chi connectivity index (χ3n) is 7.36. The molecule has 0 spiro atoms. The van der Waals surface area contributed by atoms with Gasteiger partial charge in [0.15, 0.2) is 17.3 Å². The molecule has 0 aromatic heterocycles. The van der Waals surface area contributed by atoms with Gasteiger partial charge >= 0.3 is 0 Å². The largest absolute Gasteiger partial charge is 0.490 e. The molecule has 1 amide bonds. The van der Waals surface area contributed by atoms with E-state index in [1.807, 2.05) is 80.6 Å². The van der Waals surface area contributed by atoms with Gasteiger partial charge < -0.3 is 14.8 Å². The molecule has 0 unspecified atom stereocenters. The fourth-order valence-corrected chi connectivity index (χ4v) is 5.70. The van der Waals surface area contributed by atoms with Crippen molar-refractivity contribution in [2.75, 3.05) is 16.8 Å². The lowest BCUT2D eigenvalue weighted by atomic mass is 9.73. The van der Waals surface area contributed by atoms with Gasteiger partial charge in [-0.2, -0.15) is 0 Å². The van der Waals surface area contributed by atoms with Gasteiger partial charge in [-0.3, -0.25) is 14.5 Å². The van der Waals surface area contributed by atoms with Crippen LogP contribution in [0.15, 0.2) is 78.0 Å². The quantitative estimate of drug-likeness (QED) is 0.319. The van der Waals surface area contributed by atoms with Gasteiger partial charge in [0.25, 0.3) is 0 Å². The summed E-state index contributed by atoms with van der Waals surface area (Å²) in [5, 5.41) is 4.22. The summed E-state index contributed by atoms with van der Waals surface area (Å²) in [6.07, 6.45) is 1.41. The van der Waals surface area contributed by atoms with Gasteiger partial charge in [0.1, 0.15) is 6.61 Å². The van der Waals surface area contributed by atoms with Gasteiger partial charge in [-0.1, -0.05) is 62.7 Å². The zero-order valence-corrected chi connectivity index (χ0v) is 24.2. The number of ketones is 1. The average Bonchev–Trinajstić information content (AvgIpc) is 3.06. The molecule has 7 heteroatoms. The van der Waals surface area contributed by atoms with Crippen LogP contribution in [0.5, 0.6) is 11.5 Å². The number of hydrogen-bond donors (Lipinski definition) is 1. The molecule has 1 N–H and O–H groups in total. The Labute approximate surface area is 240 Å². The smallest absolute Gasteiger partial charge is 0.227 e. The van der Waals surface area contributed by atoms with E-state index in [9.17, 15) is 9.59 Å².